The van der Waals surface area contributed by atoms with Crippen LogP contribution in [0.5, 0.6) is 5.75 Å². The molecule has 2 aromatic carbocycles. The van der Waals surface area contributed by atoms with Crippen molar-refractivity contribution in [2.24, 2.45) is 0 Å². The van der Waals surface area contributed by atoms with E-state index in [9.17, 15) is 14.0 Å². The van der Waals surface area contributed by atoms with Gasteiger partial charge in [-0.05, 0) is 17.7 Å². The van der Waals surface area contributed by atoms with Gasteiger partial charge in [0.15, 0.2) is 0 Å². The topological polar surface area (TPSA) is 71.1 Å². The first kappa shape index (κ1) is 19.0. The van der Waals surface area contributed by atoms with Gasteiger partial charge in [0.05, 0.1) is 14.2 Å². The first-order valence-corrected chi connectivity index (χ1v) is 7.55. The number of carbonyl (C=O) groups is 2. The molecule has 2 rings (SSSR count). The molecule has 26 heavy (non-hydrogen) atoms. The summed E-state index contributed by atoms with van der Waals surface area (Å²) in [6, 6.07) is 12.7. The van der Waals surface area contributed by atoms with E-state index in [1.165, 1.54) is 19.2 Å². The highest BCUT2D eigenvalue weighted by molar-refractivity contribution is 5.93. The summed E-state index contributed by atoms with van der Waals surface area (Å²) in [5.41, 5.74) is 0.309. The zero-order valence-corrected chi connectivity index (χ0v) is 14.2. The molecule has 0 aliphatic carbocycles. The number of carbonyl (C=O) groups excluding carboxylic acids is 2. The Balaban J connectivity index is 2.24. The molecule has 0 saturated carbocycles. The summed E-state index contributed by atoms with van der Waals surface area (Å²) in [4.78, 5) is 24.0. The molecule has 0 atom stereocenters. The van der Waals surface area contributed by atoms with Crippen molar-refractivity contribution in [1.82, 2.24) is 0 Å². The molecular weight excluding hydrogens is 343 g/mol. The van der Waals surface area contributed by atoms with E-state index in [-0.39, 0.29) is 18.1 Å². The summed E-state index contributed by atoms with van der Waals surface area (Å²) in [6.45, 7) is -0.0365. The molecule has 7 heteroatoms. The van der Waals surface area contributed by atoms with Crippen LogP contribution in [0.4, 0.5) is 4.39 Å². The van der Waals surface area contributed by atoms with Gasteiger partial charge in [0, 0.05) is 0 Å². The van der Waals surface area contributed by atoms with Crippen molar-refractivity contribution in [1.29, 1.82) is 0 Å². The van der Waals surface area contributed by atoms with Gasteiger partial charge in [-0.15, -0.1) is 0 Å². The second-order valence-corrected chi connectivity index (χ2v) is 4.99. The standard InChI is InChI=1S/C19H17FO6/c1-23-12-16(18(21)24-2)26-15-10-6-9-14(20)17(15)19(22)25-11-13-7-4-3-5-8-13/h3-10,12H,11H2,1-2H3/b16-12+. The van der Waals surface area contributed by atoms with Gasteiger partial charge in [0.2, 0.25) is 5.76 Å². The molecular formula is C19H17FO6. The third-order valence-electron chi connectivity index (χ3n) is 3.22. The van der Waals surface area contributed by atoms with E-state index in [2.05, 4.69) is 4.74 Å². The number of hydrogen-bond donors (Lipinski definition) is 0. The first-order chi connectivity index (χ1) is 12.6. The summed E-state index contributed by atoms with van der Waals surface area (Å²) >= 11 is 0. The SMILES string of the molecule is CO/C=C(/Oc1cccc(F)c1C(=O)OCc1ccccc1)C(=O)OC. The van der Waals surface area contributed by atoms with Crippen molar-refractivity contribution >= 4 is 11.9 Å². The van der Waals surface area contributed by atoms with E-state index < -0.39 is 23.3 Å². The van der Waals surface area contributed by atoms with E-state index >= 15 is 0 Å². The lowest BCUT2D eigenvalue weighted by atomic mass is 10.2. The van der Waals surface area contributed by atoms with Crippen LogP contribution in [-0.4, -0.2) is 26.2 Å². The first-order valence-electron chi connectivity index (χ1n) is 7.55. The maximum Gasteiger partial charge on any atom is 0.377 e. The number of halogens is 1. The lowest BCUT2D eigenvalue weighted by molar-refractivity contribution is -0.138. The Morgan fingerprint density at radius 2 is 1.77 bits per heavy atom. The minimum atomic E-state index is -0.927. The van der Waals surface area contributed by atoms with Crippen LogP contribution < -0.4 is 4.74 Å². The number of methoxy groups -OCH3 is 2. The van der Waals surface area contributed by atoms with Gasteiger partial charge in [0.25, 0.3) is 0 Å². The second-order valence-electron chi connectivity index (χ2n) is 4.99. The van der Waals surface area contributed by atoms with Gasteiger partial charge in [0.1, 0.15) is 30.0 Å². The smallest absolute Gasteiger partial charge is 0.377 e. The molecule has 0 aromatic heterocycles. The Hall–Kier alpha value is -3.35. The average Bonchev–Trinajstić information content (AvgIpc) is 2.66. The van der Waals surface area contributed by atoms with E-state index in [1.807, 2.05) is 6.07 Å². The molecule has 0 N–H and O–H groups in total. The quantitative estimate of drug-likeness (QED) is 0.429. The predicted molar refractivity (Wildman–Crippen MR) is 89.7 cm³/mol. The van der Waals surface area contributed by atoms with Crippen molar-refractivity contribution in [2.75, 3.05) is 14.2 Å². The van der Waals surface area contributed by atoms with Crippen molar-refractivity contribution in [3.05, 3.63) is 77.5 Å². The normalized spacial score (nSPS) is 10.8. The third kappa shape index (κ3) is 4.83. The molecule has 0 aliphatic rings. The van der Waals surface area contributed by atoms with Crippen LogP contribution in [0.25, 0.3) is 0 Å². The maximum atomic E-state index is 14.2. The summed E-state index contributed by atoms with van der Waals surface area (Å²) in [5.74, 6) is -3.17. The monoisotopic (exact) mass is 360 g/mol. The Morgan fingerprint density at radius 1 is 1.04 bits per heavy atom. The highest BCUT2D eigenvalue weighted by Crippen LogP contribution is 2.25. The summed E-state index contributed by atoms with van der Waals surface area (Å²) in [5, 5.41) is 0. The fraction of sp³-hybridized carbons (Fsp3) is 0.158. The number of benzene rings is 2. The summed E-state index contributed by atoms with van der Waals surface area (Å²) in [6.07, 6.45) is 0.982. The van der Waals surface area contributed by atoms with Crippen LogP contribution in [0.2, 0.25) is 0 Å². The number of esters is 2. The number of hydrogen-bond acceptors (Lipinski definition) is 6. The molecule has 0 bridgehead atoms. The van der Waals surface area contributed by atoms with Crippen molar-refractivity contribution in [3.63, 3.8) is 0 Å². The Kier molecular flexibility index (Phi) is 6.73. The minimum absolute atomic E-state index is 0.0365. The zero-order valence-electron chi connectivity index (χ0n) is 14.2. The third-order valence-corrected chi connectivity index (χ3v) is 3.22. The van der Waals surface area contributed by atoms with E-state index in [0.29, 0.717) is 0 Å². The summed E-state index contributed by atoms with van der Waals surface area (Å²) < 4.78 is 33.9. The van der Waals surface area contributed by atoms with Crippen molar-refractivity contribution in [3.8, 4) is 5.75 Å². The van der Waals surface area contributed by atoms with Gasteiger partial charge in [-0.3, -0.25) is 0 Å². The molecule has 0 radical (unpaired) electrons. The summed E-state index contributed by atoms with van der Waals surface area (Å²) in [7, 11) is 2.45. The molecule has 2 aromatic rings. The van der Waals surface area contributed by atoms with E-state index in [0.717, 1.165) is 25.0 Å². The Bertz CT molecular complexity index is 801. The molecule has 6 nitrogen and oxygen atoms in total. The van der Waals surface area contributed by atoms with Gasteiger partial charge in [-0.25, -0.2) is 14.0 Å². The van der Waals surface area contributed by atoms with Gasteiger partial charge >= 0.3 is 11.9 Å². The lowest BCUT2D eigenvalue weighted by Crippen LogP contribution is -2.15. The highest BCUT2D eigenvalue weighted by Gasteiger charge is 2.23. The molecule has 0 saturated heterocycles. The predicted octanol–water partition coefficient (Wildman–Crippen LogP) is 3.22. The van der Waals surface area contributed by atoms with Crippen molar-refractivity contribution < 1.29 is 32.9 Å². The van der Waals surface area contributed by atoms with Gasteiger partial charge in [-0.2, -0.15) is 0 Å². The van der Waals surface area contributed by atoms with Crippen LogP contribution in [0.1, 0.15) is 15.9 Å². The van der Waals surface area contributed by atoms with Crippen molar-refractivity contribution in [2.45, 2.75) is 6.61 Å². The van der Waals surface area contributed by atoms with Crippen LogP contribution in [0, 0.1) is 5.82 Å². The fourth-order valence-electron chi connectivity index (χ4n) is 2.02. The lowest BCUT2D eigenvalue weighted by Gasteiger charge is -2.12. The molecule has 136 valence electrons. The van der Waals surface area contributed by atoms with Gasteiger partial charge in [-0.1, -0.05) is 36.4 Å². The zero-order chi connectivity index (χ0) is 18.9. The molecule has 0 amide bonds. The molecule has 0 aliphatic heterocycles. The highest BCUT2D eigenvalue weighted by atomic mass is 19.1. The maximum absolute atomic E-state index is 14.2. The molecule has 0 fully saturated rings. The van der Waals surface area contributed by atoms with Gasteiger partial charge < -0.3 is 18.9 Å². The molecule has 0 unspecified atom stereocenters. The minimum Gasteiger partial charge on any atom is -0.500 e. The van der Waals surface area contributed by atoms with Crippen LogP contribution in [0.15, 0.2) is 60.6 Å². The number of rotatable bonds is 7. The molecule has 0 spiro atoms. The molecule has 0 heterocycles. The van der Waals surface area contributed by atoms with Crippen LogP contribution >= 0.6 is 0 Å². The van der Waals surface area contributed by atoms with Crippen LogP contribution in [0.3, 0.4) is 0 Å². The van der Waals surface area contributed by atoms with Crippen LogP contribution in [-0.2, 0) is 25.6 Å². The number of ether oxygens (including phenoxy) is 4. The Morgan fingerprint density at radius 3 is 2.42 bits per heavy atom. The fourth-order valence-corrected chi connectivity index (χ4v) is 2.02. The largest absolute Gasteiger partial charge is 0.500 e. The van der Waals surface area contributed by atoms with E-state index in [1.54, 1.807) is 24.3 Å². The Labute approximate surface area is 149 Å². The average molecular weight is 360 g/mol. The van der Waals surface area contributed by atoms with E-state index in [4.69, 9.17) is 14.2 Å². The second kappa shape index (κ2) is 9.22.